The summed E-state index contributed by atoms with van der Waals surface area (Å²) in [5.41, 5.74) is 0.0206. The van der Waals surface area contributed by atoms with Crippen LogP contribution in [0.15, 0.2) is 18.2 Å². The summed E-state index contributed by atoms with van der Waals surface area (Å²) in [6.07, 6.45) is 0. The fraction of sp³-hybridized carbons (Fsp3) is 0.333. The molecule has 0 radical (unpaired) electrons. The molecule has 2 N–H and O–H groups in total. The van der Waals surface area contributed by atoms with Crippen LogP contribution in [0.2, 0.25) is 5.02 Å². The number of ether oxygens (including phenoxy) is 1. The minimum Gasteiger partial charge on any atom is -0.497 e. The first-order chi connectivity index (χ1) is 8.46. The van der Waals surface area contributed by atoms with Crippen LogP contribution in [-0.4, -0.2) is 25.5 Å². The van der Waals surface area contributed by atoms with Crippen molar-refractivity contribution in [3.8, 4) is 5.75 Å². The van der Waals surface area contributed by atoms with Gasteiger partial charge in [0.2, 0.25) is 0 Å². The molecule has 6 heteroatoms. The Balaban J connectivity index is 2.36. The minimum absolute atomic E-state index is 0.295. The fourth-order valence-electron chi connectivity index (χ4n) is 1.92. The van der Waals surface area contributed by atoms with Crippen molar-refractivity contribution in [1.29, 1.82) is 0 Å². The van der Waals surface area contributed by atoms with E-state index in [0.717, 1.165) is 5.56 Å². The van der Waals surface area contributed by atoms with Crippen LogP contribution in [0, 0.1) is 0 Å². The maximum atomic E-state index is 11.4. The zero-order chi connectivity index (χ0) is 13.3. The number of methoxy groups -OCH3 is 1. The van der Waals surface area contributed by atoms with E-state index in [1.54, 1.807) is 32.2 Å². The Labute approximate surface area is 109 Å². The molecule has 96 valence electrons. The lowest BCUT2D eigenvalue weighted by atomic mass is 9.90. The van der Waals surface area contributed by atoms with Crippen LogP contribution in [0.5, 0.6) is 5.75 Å². The van der Waals surface area contributed by atoms with E-state index >= 15 is 0 Å². The van der Waals surface area contributed by atoms with Gasteiger partial charge in [0.15, 0.2) is 0 Å². The molecule has 2 rings (SSSR count). The number of carbonyl (C=O) groups excluding carboxylic acids is 2. The zero-order valence-corrected chi connectivity index (χ0v) is 10.8. The minimum atomic E-state index is -0.714. The third-order valence-corrected chi connectivity index (χ3v) is 3.28. The van der Waals surface area contributed by atoms with Gasteiger partial charge in [0.05, 0.1) is 12.6 Å². The van der Waals surface area contributed by atoms with E-state index in [2.05, 4.69) is 10.6 Å². The number of benzene rings is 1. The van der Waals surface area contributed by atoms with Crippen LogP contribution in [0.25, 0.3) is 0 Å². The maximum absolute atomic E-state index is 11.4. The average molecular weight is 269 g/mol. The normalized spacial score (nSPS) is 23.3. The van der Waals surface area contributed by atoms with Gasteiger partial charge in [-0.3, -0.25) is 9.59 Å². The first-order valence-electron chi connectivity index (χ1n) is 5.40. The molecule has 1 aromatic rings. The Kier molecular flexibility index (Phi) is 3.17. The first-order valence-corrected chi connectivity index (χ1v) is 5.78. The predicted molar refractivity (Wildman–Crippen MR) is 66.5 cm³/mol. The summed E-state index contributed by atoms with van der Waals surface area (Å²) in [5.74, 6) is -0.647. The van der Waals surface area contributed by atoms with E-state index in [4.69, 9.17) is 16.3 Å². The third-order valence-electron chi connectivity index (χ3n) is 2.97. The highest BCUT2D eigenvalue weighted by molar-refractivity contribution is 6.36. The SMILES string of the molecule is COc1ccc(C2(C)CNC(=O)C(=O)N2)c(Cl)c1. The van der Waals surface area contributed by atoms with Gasteiger partial charge in [0, 0.05) is 11.6 Å². The van der Waals surface area contributed by atoms with E-state index in [1.807, 2.05) is 0 Å². The van der Waals surface area contributed by atoms with Crippen molar-refractivity contribution in [2.45, 2.75) is 12.5 Å². The Morgan fingerprint density at radius 2 is 2.06 bits per heavy atom. The van der Waals surface area contributed by atoms with Crippen molar-refractivity contribution < 1.29 is 14.3 Å². The molecular formula is C12H13ClN2O3. The number of hydrogen-bond donors (Lipinski definition) is 2. The molecule has 1 aliphatic heterocycles. The summed E-state index contributed by atoms with van der Waals surface area (Å²) in [6.45, 7) is 2.10. The fourth-order valence-corrected chi connectivity index (χ4v) is 2.30. The number of rotatable bonds is 2. The molecule has 1 saturated heterocycles. The highest BCUT2D eigenvalue weighted by Crippen LogP contribution is 2.31. The highest BCUT2D eigenvalue weighted by atomic mass is 35.5. The molecule has 0 bridgehead atoms. The summed E-state index contributed by atoms with van der Waals surface area (Å²) in [7, 11) is 1.55. The van der Waals surface area contributed by atoms with Gasteiger partial charge < -0.3 is 15.4 Å². The van der Waals surface area contributed by atoms with Crippen molar-refractivity contribution in [1.82, 2.24) is 10.6 Å². The quantitative estimate of drug-likeness (QED) is 0.780. The number of nitrogens with one attached hydrogen (secondary N) is 2. The number of carbonyl (C=O) groups is 2. The predicted octanol–water partition coefficient (Wildman–Crippen LogP) is 0.810. The lowest BCUT2D eigenvalue weighted by Gasteiger charge is -2.35. The number of hydrogen-bond acceptors (Lipinski definition) is 3. The van der Waals surface area contributed by atoms with E-state index in [9.17, 15) is 9.59 Å². The molecule has 1 fully saturated rings. The molecular weight excluding hydrogens is 256 g/mol. The molecule has 0 saturated carbocycles. The Morgan fingerprint density at radius 1 is 1.33 bits per heavy atom. The lowest BCUT2D eigenvalue weighted by molar-refractivity contribution is -0.142. The van der Waals surface area contributed by atoms with Crippen molar-refractivity contribution in [2.24, 2.45) is 0 Å². The summed E-state index contributed by atoms with van der Waals surface area (Å²) in [5, 5.41) is 5.68. The van der Waals surface area contributed by atoms with Gasteiger partial charge in [-0.05, 0) is 24.6 Å². The molecule has 0 aromatic heterocycles. The smallest absolute Gasteiger partial charge is 0.310 e. The molecule has 1 heterocycles. The van der Waals surface area contributed by atoms with E-state index < -0.39 is 17.4 Å². The van der Waals surface area contributed by atoms with Gasteiger partial charge in [-0.25, -0.2) is 0 Å². The molecule has 1 aromatic carbocycles. The Morgan fingerprint density at radius 3 is 2.61 bits per heavy atom. The van der Waals surface area contributed by atoms with Crippen LogP contribution in [0.1, 0.15) is 12.5 Å². The van der Waals surface area contributed by atoms with Crippen molar-refractivity contribution in [3.05, 3.63) is 28.8 Å². The second kappa shape index (κ2) is 4.49. The largest absolute Gasteiger partial charge is 0.497 e. The molecule has 5 nitrogen and oxygen atoms in total. The third kappa shape index (κ3) is 2.13. The number of piperazine rings is 1. The van der Waals surface area contributed by atoms with Crippen LogP contribution in [-0.2, 0) is 15.1 Å². The lowest BCUT2D eigenvalue weighted by Crippen LogP contribution is -2.61. The van der Waals surface area contributed by atoms with E-state index in [1.165, 1.54) is 0 Å². The van der Waals surface area contributed by atoms with Crippen LogP contribution in [0.3, 0.4) is 0 Å². The standard InChI is InChI=1S/C12H13ClN2O3/c1-12(6-14-10(16)11(17)15-12)8-4-3-7(18-2)5-9(8)13/h3-5H,6H2,1-2H3,(H,14,16)(H,15,17). The van der Waals surface area contributed by atoms with Gasteiger partial charge in [-0.15, -0.1) is 0 Å². The van der Waals surface area contributed by atoms with Gasteiger partial charge in [0.25, 0.3) is 0 Å². The molecule has 18 heavy (non-hydrogen) atoms. The van der Waals surface area contributed by atoms with E-state index in [0.29, 0.717) is 17.3 Å². The number of amides is 2. The topological polar surface area (TPSA) is 67.4 Å². The molecule has 1 atom stereocenters. The molecule has 0 aliphatic carbocycles. The van der Waals surface area contributed by atoms with Crippen molar-refractivity contribution >= 4 is 23.4 Å². The zero-order valence-electron chi connectivity index (χ0n) is 10.0. The van der Waals surface area contributed by atoms with Crippen molar-refractivity contribution in [3.63, 3.8) is 0 Å². The van der Waals surface area contributed by atoms with Crippen LogP contribution < -0.4 is 15.4 Å². The van der Waals surface area contributed by atoms with Crippen LogP contribution >= 0.6 is 11.6 Å². The van der Waals surface area contributed by atoms with Gasteiger partial charge >= 0.3 is 11.8 Å². The van der Waals surface area contributed by atoms with Crippen molar-refractivity contribution in [2.75, 3.05) is 13.7 Å². The summed E-state index contributed by atoms with van der Waals surface area (Å²) < 4.78 is 5.07. The summed E-state index contributed by atoms with van der Waals surface area (Å²) >= 11 is 6.17. The van der Waals surface area contributed by atoms with E-state index in [-0.39, 0.29) is 0 Å². The second-order valence-electron chi connectivity index (χ2n) is 4.31. The highest BCUT2D eigenvalue weighted by Gasteiger charge is 2.37. The van der Waals surface area contributed by atoms with Gasteiger partial charge in [0.1, 0.15) is 5.75 Å². The molecule has 0 spiro atoms. The summed E-state index contributed by atoms with van der Waals surface area (Å²) in [6, 6.07) is 5.21. The summed E-state index contributed by atoms with van der Waals surface area (Å²) in [4.78, 5) is 22.5. The first kappa shape index (κ1) is 12.7. The molecule has 1 unspecified atom stereocenters. The average Bonchev–Trinajstić information content (AvgIpc) is 2.34. The van der Waals surface area contributed by atoms with Gasteiger partial charge in [-0.1, -0.05) is 17.7 Å². The Bertz CT molecular complexity index is 518. The van der Waals surface area contributed by atoms with Gasteiger partial charge in [-0.2, -0.15) is 0 Å². The Hall–Kier alpha value is -1.75. The molecule has 2 amide bonds. The molecule has 1 aliphatic rings. The second-order valence-corrected chi connectivity index (χ2v) is 4.72. The number of halogens is 1. The van der Waals surface area contributed by atoms with Crippen LogP contribution in [0.4, 0.5) is 0 Å². The maximum Gasteiger partial charge on any atom is 0.310 e. The monoisotopic (exact) mass is 268 g/mol.